The molecule has 0 fully saturated rings. The van der Waals surface area contributed by atoms with E-state index in [1.54, 1.807) is 6.20 Å². The van der Waals surface area contributed by atoms with Gasteiger partial charge in [0.25, 0.3) is 0 Å². The molecule has 3 rings (SSSR count). The number of hydrogen-bond acceptors (Lipinski definition) is 4. The monoisotopic (exact) mass is 267 g/mol. The molecule has 0 saturated heterocycles. The van der Waals surface area contributed by atoms with E-state index in [1.165, 1.54) is 6.33 Å². The highest BCUT2D eigenvalue weighted by molar-refractivity contribution is 5.97. The third-order valence-corrected chi connectivity index (χ3v) is 3.11. The molecule has 2 heterocycles. The molecule has 0 bridgehead atoms. The maximum Gasteiger partial charge on any atom is 0.152 e. The topological polar surface area (TPSA) is 57.0 Å². The van der Waals surface area contributed by atoms with Crippen LogP contribution in [-0.2, 0) is 13.7 Å². The number of nitrogens with zero attached hydrogens (tertiary/aromatic N) is 3. The van der Waals surface area contributed by atoms with Crippen LogP contribution < -0.4 is 4.74 Å². The van der Waals surface area contributed by atoms with Gasteiger partial charge in [0.1, 0.15) is 24.3 Å². The molecule has 1 aromatic carbocycles. The van der Waals surface area contributed by atoms with Gasteiger partial charge in [0, 0.05) is 18.8 Å². The van der Waals surface area contributed by atoms with Gasteiger partial charge in [-0.3, -0.25) is 4.79 Å². The van der Waals surface area contributed by atoms with E-state index in [1.807, 2.05) is 41.9 Å². The van der Waals surface area contributed by atoms with Crippen molar-refractivity contribution in [1.82, 2.24) is 14.5 Å². The van der Waals surface area contributed by atoms with E-state index in [-0.39, 0.29) is 0 Å². The number of ether oxygens (including phenoxy) is 1. The van der Waals surface area contributed by atoms with Crippen LogP contribution in [0.15, 0.2) is 42.9 Å². The van der Waals surface area contributed by atoms with Crippen molar-refractivity contribution in [2.75, 3.05) is 0 Å². The van der Waals surface area contributed by atoms with E-state index in [2.05, 4.69) is 9.97 Å². The average Bonchev–Trinajstić information content (AvgIpc) is 2.83. The number of carbonyl (C=O) groups is 1. The zero-order chi connectivity index (χ0) is 13.9. The molecule has 0 atom stereocenters. The molecule has 20 heavy (non-hydrogen) atoms. The van der Waals surface area contributed by atoms with E-state index in [9.17, 15) is 4.79 Å². The first-order valence-corrected chi connectivity index (χ1v) is 6.21. The van der Waals surface area contributed by atoms with Gasteiger partial charge in [-0.15, -0.1) is 0 Å². The molecule has 0 spiro atoms. The number of benzene rings is 1. The Bertz CT molecular complexity index is 750. The van der Waals surface area contributed by atoms with Crippen LogP contribution >= 0.6 is 0 Å². The molecule has 0 saturated carbocycles. The van der Waals surface area contributed by atoms with Crippen molar-refractivity contribution in [3.05, 3.63) is 54.1 Å². The predicted molar refractivity (Wildman–Crippen MR) is 74.7 cm³/mol. The summed E-state index contributed by atoms with van der Waals surface area (Å²) in [6, 6.07) is 9.50. The zero-order valence-corrected chi connectivity index (χ0v) is 11.0. The van der Waals surface area contributed by atoms with Crippen LogP contribution in [0.2, 0.25) is 0 Å². The molecule has 5 heteroatoms. The second-order valence-electron chi connectivity index (χ2n) is 4.43. The average molecular weight is 267 g/mol. The fourth-order valence-corrected chi connectivity index (χ4v) is 2.18. The van der Waals surface area contributed by atoms with Crippen LogP contribution in [0.4, 0.5) is 0 Å². The quantitative estimate of drug-likeness (QED) is 0.681. The number of carbonyl (C=O) groups excluding carboxylic acids is 1. The summed E-state index contributed by atoms with van der Waals surface area (Å²) in [5.41, 5.74) is 2.02. The Kier molecular flexibility index (Phi) is 3.16. The molecule has 2 aromatic heterocycles. The van der Waals surface area contributed by atoms with Crippen LogP contribution in [0, 0.1) is 0 Å². The largest absolute Gasteiger partial charge is 0.487 e. The summed E-state index contributed by atoms with van der Waals surface area (Å²) < 4.78 is 7.51. The van der Waals surface area contributed by atoms with Crippen molar-refractivity contribution in [3.63, 3.8) is 0 Å². The van der Waals surface area contributed by atoms with Gasteiger partial charge in [-0.2, -0.15) is 0 Å². The number of aromatic nitrogens is 3. The van der Waals surface area contributed by atoms with Crippen LogP contribution in [0.25, 0.3) is 11.0 Å². The molecule has 5 nitrogen and oxygen atoms in total. The number of aldehydes is 1. The van der Waals surface area contributed by atoms with Crippen molar-refractivity contribution >= 4 is 17.3 Å². The SMILES string of the molecule is Cn1cc(C=O)c2c(COc3ccccc3)ncnc21. The van der Waals surface area contributed by atoms with Gasteiger partial charge in [-0.05, 0) is 12.1 Å². The van der Waals surface area contributed by atoms with Gasteiger partial charge in [-0.25, -0.2) is 9.97 Å². The first-order chi connectivity index (χ1) is 9.79. The summed E-state index contributed by atoms with van der Waals surface area (Å²) in [5, 5.41) is 0.751. The third kappa shape index (κ3) is 2.14. The second kappa shape index (κ2) is 5.13. The van der Waals surface area contributed by atoms with Gasteiger partial charge in [0.2, 0.25) is 0 Å². The standard InChI is InChI=1S/C15H13N3O2/c1-18-7-11(8-19)14-13(16-10-17-15(14)18)9-20-12-5-3-2-4-6-12/h2-8,10H,9H2,1H3. The Morgan fingerprint density at radius 1 is 1.25 bits per heavy atom. The molecular formula is C15H13N3O2. The van der Waals surface area contributed by atoms with Crippen LogP contribution in [0.5, 0.6) is 5.75 Å². The second-order valence-corrected chi connectivity index (χ2v) is 4.43. The molecular weight excluding hydrogens is 254 g/mol. The Balaban J connectivity index is 1.97. The van der Waals surface area contributed by atoms with Crippen LogP contribution in [0.3, 0.4) is 0 Å². The fraction of sp³-hybridized carbons (Fsp3) is 0.133. The Hall–Kier alpha value is -2.69. The van der Waals surface area contributed by atoms with Gasteiger partial charge >= 0.3 is 0 Å². The lowest BCUT2D eigenvalue weighted by molar-refractivity contribution is 0.112. The summed E-state index contributed by atoms with van der Waals surface area (Å²) in [4.78, 5) is 19.6. The number of hydrogen-bond donors (Lipinski definition) is 0. The zero-order valence-electron chi connectivity index (χ0n) is 11.0. The van der Waals surface area contributed by atoms with Gasteiger partial charge in [0.05, 0.1) is 11.1 Å². The lowest BCUT2D eigenvalue weighted by Crippen LogP contribution is -2.01. The first kappa shape index (κ1) is 12.3. The number of fused-ring (bicyclic) bond motifs is 1. The molecule has 3 aromatic rings. The number of rotatable bonds is 4. The summed E-state index contributed by atoms with van der Waals surface area (Å²) in [6.07, 6.45) is 4.05. The van der Waals surface area contributed by atoms with E-state index in [0.29, 0.717) is 17.9 Å². The molecule has 0 aliphatic carbocycles. The molecule has 0 radical (unpaired) electrons. The number of aryl methyl sites for hydroxylation is 1. The van der Waals surface area contributed by atoms with Crippen LogP contribution in [0.1, 0.15) is 16.1 Å². The maximum atomic E-state index is 11.2. The van der Waals surface area contributed by atoms with Crippen molar-refractivity contribution in [2.45, 2.75) is 6.61 Å². The highest BCUT2D eigenvalue weighted by atomic mass is 16.5. The van der Waals surface area contributed by atoms with Gasteiger partial charge in [0.15, 0.2) is 6.29 Å². The highest BCUT2D eigenvalue weighted by Gasteiger charge is 2.13. The molecule has 0 amide bonds. The smallest absolute Gasteiger partial charge is 0.152 e. The maximum absolute atomic E-state index is 11.2. The van der Waals surface area contributed by atoms with E-state index in [0.717, 1.165) is 23.1 Å². The van der Waals surface area contributed by atoms with Gasteiger partial charge < -0.3 is 9.30 Å². The van der Waals surface area contributed by atoms with Crippen molar-refractivity contribution in [1.29, 1.82) is 0 Å². The van der Waals surface area contributed by atoms with E-state index < -0.39 is 0 Å². The molecule has 0 aliphatic rings. The van der Waals surface area contributed by atoms with Crippen LogP contribution in [-0.4, -0.2) is 20.8 Å². The molecule has 0 N–H and O–H groups in total. The fourth-order valence-electron chi connectivity index (χ4n) is 2.18. The molecule has 0 aliphatic heterocycles. The van der Waals surface area contributed by atoms with Gasteiger partial charge in [-0.1, -0.05) is 18.2 Å². The summed E-state index contributed by atoms with van der Waals surface area (Å²) in [6.45, 7) is 0.299. The van der Waals surface area contributed by atoms with E-state index >= 15 is 0 Å². The lowest BCUT2D eigenvalue weighted by atomic mass is 10.2. The van der Waals surface area contributed by atoms with Crippen molar-refractivity contribution in [3.8, 4) is 5.75 Å². The summed E-state index contributed by atoms with van der Waals surface area (Å²) >= 11 is 0. The minimum absolute atomic E-state index is 0.299. The minimum atomic E-state index is 0.299. The lowest BCUT2D eigenvalue weighted by Gasteiger charge is -2.06. The third-order valence-electron chi connectivity index (χ3n) is 3.11. The Labute approximate surface area is 115 Å². The Morgan fingerprint density at radius 2 is 2.05 bits per heavy atom. The first-order valence-electron chi connectivity index (χ1n) is 6.21. The minimum Gasteiger partial charge on any atom is -0.487 e. The Morgan fingerprint density at radius 3 is 2.80 bits per heavy atom. The highest BCUT2D eigenvalue weighted by Crippen LogP contribution is 2.21. The summed E-state index contributed by atoms with van der Waals surface area (Å²) in [5.74, 6) is 0.767. The van der Waals surface area contributed by atoms with E-state index in [4.69, 9.17) is 4.74 Å². The van der Waals surface area contributed by atoms with Crippen molar-refractivity contribution in [2.24, 2.45) is 7.05 Å². The molecule has 100 valence electrons. The summed E-state index contributed by atoms with van der Waals surface area (Å²) in [7, 11) is 1.85. The number of para-hydroxylation sites is 1. The normalized spacial score (nSPS) is 10.7. The van der Waals surface area contributed by atoms with Crippen molar-refractivity contribution < 1.29 is 9.53 Å². The predicted octanol–water partition coefficient (Wildman–Crippen LogP) is 2.36. The molecule has 0 unspecified atom stereocenters.